The Morgan fingerprint density at radius 3 is 2.54 bits per heavy atom. The summed E-state index contributed by atoms with van der Waals surface area (Å²) >= 11 is 0. The Morgan fingerprint density at radius 1 is 0.750 bits per heavy atom. The largest absolute Gasteiger partial charge is 0.294 e. The van der Waals surface area contributed by atoms with Gasteiger partial charge in [0.15, 0.2) is 5.65 Å². The lowest BCUT2D eigenvalue weighted by atomic mass is 10.00. The fourth-order valence-electron chi connectivity index (χ4n) is 3.53. The van der Waals surface area contributed by atoms with E-state index in [-0.39, 0.29) is 5.56 Å². The van der Waals surface area contributed by atoms with Crippen LogP contribution in [0.5, 0.6) is 0 Å². The number of rotatable bonds is 3. The molecular weight excluding hydrogens is 346 g/mol. The summed E-state index contributed by atoms with van der Waals surface area (Å²) in [6.07, 6.45) is 3.21. The van der Waals surface area contributed by atoms with Crippen LogP contribution >= 0.6 is 0 Å². The topological polar surface area (TPSA) is 47.8 Å². The van der Waals surface area contributed by atoms with E-state index in [0.29, 0.717) is 17.6 Å². The van der Waals surface area contributed by atoms with E-state index in [4.69, 9.17) is 0 Å². The molecule has 0 aliphatic rings. The summed E-state index contributed by atoms with van der Waals surface area (Å²) in [6, 6.07) is 26.6. The Morgan fingerprint density at radius 2 is 1.61 bits per heavy atom. The average Bonchev–Trinajstić information content (AvgIpc) is 2.76. The van der Waals surface area contributed by atoms with E-state index in [1.165, 1.54) is 10.8 Å². The van der Waals surface area contributed by atoms with Crippen LogP contribution in [0.3, 0.4) is 0 Å². The molecule has 134 valence electrons. The number of fused-ring (bicyclic) bond motifs is 2. The molecule has 28 heavy (non-hydrogen) atoms. The van der Waals surface area contributed by atoms with Gasteiger partial charge < -0.3 is 0 Å². The summed E-state index contributed by atoms with van der Waals surface area (Å²) in [5.41, 5.74) is 3.75. The van der Waals surface area contributed by atoms with Gasteiger partial charge in [0.2, 0.25) is 0 Å². The molecule has 0 unspecified atom stereocenters. The fourth-order valence-corrected chi connectivity index (χ4v) is 3.53. The maximum atomic E-state index is 12.7. The first-order valence-electron chi connectivity index (χ1n) is 9.16. The van der Waals surface area contributed by atoms with Gasteiger partial charge in [0.1, 0.15) is 6.33 Å². The van der Waals surface area contributed by atoms with Crippen molar-refractivity contribution >= 4 is 21.8 Å². The summed E-state index contributed by atoms with van der Waals surface area (Å²) in [4.78, 5) is 21.2. The molecule has 2 aromatic heterocycles. The summed E-state index contributed by atoms with van der Waals surface area (Å²) in [5.74, 6) is 0. The van der Waals surface area contributed by atoms with Crippen LogP contribution in [-0.4, -0.2) is 14.5 Å². The molecule has 0 saturated heterocycles. The number of pyridine rings is 1. The highest BCUT2D eigenvalue weighted by Crippen LogP contribution is 2.25. The lowest BCUT2D eigenvalue weighted by molar-refractivity contribution is 0.747. The SMILES string of the molecule is O=c1c2cccnc2ncn1Cc1cccc(-c2ccc3ccccc3c2)c1. The highest BCUT2D eigenvalue weighted by Gasteiger charge is 2.06. The first-order valence-corrected chi connectivity index (χ1v) is 9.16. The number of benzene rings is 3. The van der Waals surface area contributed by atoms with Gasteiger partial charge in [-0.2, -0.15) is 0 Å². The van der Waals surface area contributed by atoms with Gasteiger partial charge in [0, 0.05) is 6.20 Å². The predicted octanol–water partition coefficient (Wildman–Crippen LogP) is 4.66. The van der Waals surface area contributed by atoms with Crippen molar-refractivity contribution in [2.24, 2.45) is 0 Å². The molecule has 0 radical (unpaired) electrons. The second kappa shape index (κ2) is 6.74. The zero-order valence-electron chi connectivity index (χ0n) is 15.1. The van der Waals surface area contributed by atoms with Crippen LogP contribution in [0.2, 0.25) is 0 Å². The zero-order valence-corrected chi connectivity index (χ0v) is 15.1. The van der Waals surface area contributed by atoms with E-state index >= 15 is 0 Å². The summed E-state index contributed by atoms with van der Waals surface area (Å²) in [5, 5.41) is 2.98. The standard InChI is InChI=1S/C24H17N3O/c28-24-22-9-4-12-25-23(22)26-16-27(24)15-17-5-3-8-19(13-17)21-11-10-18-6-1-2-7-20(18)14-21/h1-14,16H,15H2. The van der Waals surface area contributed by atoms with Gasteiger partial charge in [-0.25, -0.2) is 9.97 Å². The molecule has 0 fully saturated rings. The molecule has 0 bridgehead atoms. The Kier molecular flexibility index (Phi) is 3.95. The van der Waals surface area contributed by atoms with E-state index in [2.05, 4.69) is 58.5 Å². The number of hydrogen-bond donors (Lipinski definition) is 0. The summed E-state index contributed by atoms with van der Waals surface area (Å²) < 4.78 is 1.63. The molecule has 5 aromatic rings. The normalized spacial score (nSPS) is 11.1. The van der Waals surface area contributed by atoms with Gasteiger partial charge in [-0.05, 0) is 51.7 Å². The maximum Gasteiger partial charge on any atom is 0.263 e. The van der Waals surface area contributed by atoms with Crippen molar-refractivity contribution in [1.82, 2.24) is 14.5 Å². The van der Waals surface area contributed by atoms with Gasteiger partial charge in [-0.1, -0.05) is 54.6 Å². The third-order valence-corrected chi connectivity index (χ3v) is 4.96. The molecule has 0 aliphatic carbocycles. The minimum Gasteiger partial charge on any atom is -0.294 e. The third-order valence-electron chi connectivity index (χ3n) is 4.96. The molecule has 0 amide bonds. The van der Waals surface area contributed by atoms with Gasteiger partial charge in [-0.3, -0.25) is 9.36 Å². The molecule has 0 aliphatic heterocycles. The van der Waals surface area contributed by atoms with Gasteiger partial charge in [0.05, 0.1) is 11.9 Å². The molecule has 0 N–H and O–H groups in total. The Hall–Kier alpha value is -3.79. The Bertz CT molecular complexity index is 1370. The maximum absolute atomic E-state index is 12.7. The van der Waals surface area contributed by atoms with Crippen LogP contribution in [0.15, 0.2) is 96.2 Å². The Balaban J connectivity index is 1.52. The van der Waals surface area contributed by atoms with Crippen molar-refractivity contribution in [3.05, 3.63) is 107 Å². The second-order valence-electron chi connectivity index (χ2n) is 6.81. The molecule has 3 aromatic carbocycles. The Labute approximate surface area is 161 Å². The summed E-state index contributed by atoms with van der Waals surface area (Å²) in [7, 11) is 0. The van der Waals surface area contributed by atoms with Gasteiger partial charge in [0.25, 0.3) is 5.56 Å². The monoisotopic (exact) mass is 363 g/mol. The third kappa shape index (κ3) is 2.95. The van der Waals surface area contributed by atoms with E-state index in [1.807, 2.05) is 18.2 Å². The molecule has 4 heteroatoms. The molecular formula is C24H17N3O. The number of hydrogen-bond acceptors (Lipinski definition) is 3. The zero-order chi connectivity index (χ0) is 18.9. The number of aromatic nitrogens is 3. The van der Waals surface area contributed by atoms with E-state index in [9.17, 15) is 4.79 Å². The quantitative estimate of drug-likeness (QED) is 0.468. The van der Waals surface area contributed by atoms with Crippen LogP contribution in [0, 0.1) is 0 Å². The van der Waals surface area contributed by atoms with Crippen molar-refractivity contribution in [2.45, 2.75) is 6.54 Å². The van der Waals surface area contributed by atoms with Crippen LogP contribution in [0.1, 0.15) is 5.56 Å². The molecule has 0 atom stereocenters. The molecule has 0 spiro atoms. The van der Waals surface area contributed by atoms with Crippen LogP contribution in [0.25, 0.3) is 32.9 Å². The minimum absolute atomic E-state index is 0.0748. The van der Waals surface area contributed by atoms with Gasteiger partial charge in [-0.15, -0.1) is 0 Å². The van der Waals surface area contributed by atoms with Gasteiger partial charge >= 0.3 is 0 Å². The first kappa shape index (κ1) is 16.4. The highest BCUT2D eigenvalue weighted by atomic mass is 16.1. The van der Waals surface area contributed by atoms with Crippen LogP contribution in [-0.2, 0) is 6.54 Å². The van der Waals surface area contributed by atoms with E-state index < -0.39 is 0 Å². The lowest BCUT2D eigenvalue weighted by Crippen LogP contribution is -2.21. The molecule has 5 rings (SSSR count). The second-order valence-corrected chi connectivity index (χ2v) is 6.81. The van der Waals surface area contributed by atoms with Crippen molar-refractivity contribution in [3.63, 3.8) is 0 Å². The van der Waals surface area contributed by atoms with Crippen molar-refractivity contribution in [2.75, 3.05) is 0 Å². The highest BCUT2D eigenvalue weighted by molar-refractivity contribution is 5.87. The minimum atomic E-state index is -0.0748. The van der Waals surface area contributed by atoms with Crippen LogP contribution < -0.4 is 5.56 Å². The number of nitrogens with zero attached hydrogens (tertiary/aromatic N) is 3. The average molecular weight is 363 g/mol. The lowest BCUT2D eigenvalue weighted by Gasteiger charge is -2.09. The molecule has 4 nitrogen and oxygen atoms in total. The molecule has 2 heterocycles. The fraction of sp³-hybridized carbons (Fsp3) is 0.0417. The van der Waals surface area contributed by atoms with Crippen LogP contribution in [0.4, 0.5) is 0 Å². The van der Waals surface area contributed by atoms with Crippen molar-refractivity contribution < 1.29 is 0 Å². The first-order chi connectivity index (χ1) is 13.8. The van der Waals surface area contributed by atoms with Crippen molar-refractivity contribution in [3.8, 4) is 11.1 Å². The van der Waals surface area contributed by atoms with E-state index in [1.54, 1.807) is 29.2 Å². The predicted molar refractivity (Wildman–Crippen MR) is 112 cm³/mol. The summed E-state index contributed by atoms with van der Waals surface area (Å²) in [6.45, 7) is 0.470. The van der Waals surface area contributed by atoms with Crippen molar-refractivity contribution in [1.29, 1.82) is 0 Å². The molecule has 0 saturated carbocycles. The smallest absolute Gasteiger partial charge is 0.263 e. The van der Waals surface area contributed by atoms with E-state index in [0.717, 1.165) is 16.7 Å².